The van der Waals surface area contributed by atoms with Gasteiger partial charge in [0, 0.05) is 17.8 Å². The molecule has 0 aromatic heterocycles. The number of hydrogen-bond donors (Lipinski definition) is 3. The largest absolute Gasteiger partial charge is 0.390 e. The number of esters is 1. The fourth-order valence-electron chi connectivity index (χ4n) is 5.37. The Bertz CT molecular complexity index is 1600. The van der Waals surface area contributed by atoms with Gasteiger partial charge in [0.2, 0.25) is 0 Å². The van der Waals surface area contributed by atoms with Gasteiger partial charge in [-0.1, -0.05) is 95.9 Å². The quantitative estimate of drug-likeness (QED) is 0.0985. The maximum absolute atomic E-state index is 11.1. The summed E-state index contributed by atoms with van der Waals surface area (Å²) >= 11 is 1.92. The number of carbonyl (C=O) groups excluding carboxylic acids is 1. The molecule has 4 aromatic carbocycles. The summed E-state index contributed by atoms with van der Waals surface area (Å²) in [5.41, 5.74) is 4.39. The van der Waals surface area contributed by atoms with E-state index in [9.17, 15) is 23.3 Å². The van der Waals surface area contributed by atoms with E-state index in [1.165, 1.54) is 41.0 Å². The van der Waals surface area contributed by atoms with Crippen LogP contribution >= 0.6 is 11.8 Å². The molecule has 7 rings (SSSR count). The summed E-state index contributed by atoms with van der Waals surface area (Å²) < 4.78 is 26.3. The Morgan fingerprint density at radius 2 is 1.42 bits per heavy atom. The molecule has 45 heavy (non-hydrogen) atoms. The minimum absolute atomic E-state index is 0.0294. The molecule has 0 spiro atoms. The number of benzene rings is 4. The van der Waals surface area contributed by atoms with E-state index >= 15 is 0 Å². The number of fused-ring (bicyclic) bond motifs is 4. The smallest absolute Gasteiger partial charge is 0.383 e. The van der Waals surface area contributed by atoms with Gasteiger partial charge in [-0.3, -0.25) is 15.0 Å². The van der Waals surface area contributed by atoms with E-state index in [4.69, 9.17) is 9.98 Å². The maximum atomic E-state index is 11.1. The van der Waals surface area contributed by atoms with Gasteiger partial charge in [0.05, 0.1) is 27.4 Å². The Hall–Kier alpha value is -4.11. The van der Waals surface area contributed by atoms with Crippen LogP contribution in [0.15, 0.2) is 115 Å². The normalized spacial score (nSPS) is 19.2. The standard InChI is InChI=1S/C24H27N3O3S2.C8H5NO4/c25-32(28,29)27-30-18-22-16-23(17-26-22)31-24(19-10-4-1-5-11-19,20-12-6-2-7-13-20)21-14-8-3-9-15-21;10-8-6-3-1-5(2-4-6)7(13-8)9(11)12/h1-15,22-23,26-27H,16-18H2,(H2,25,28,29);1-4,7H. The van der Waals surface area contributed by atoms with Gasteiger partial charge >= 0.3 is 12.2 Å². The summed E-state index contributed by atoms with van der Waals surface area (Å²) in [7, 11) is -3.87. The van der Waals surface area contributed by atoms with Gasteiger partial charge < -0.3 is 10.1 Å². The number of carbonyl (C=O) groups is 1. The van der Waals surface area contributed by atoms with Gasteiger partial charge in [-0.15, -0.1) is 11.8 Å². The van der Waals surface area contributed by atoms with E-state index in [1.807, 2.05) is 34.8 Å². The second-order valence-corrected chi connectivity index (χ2v) is 13.2. The molecule has 4 N–H and O–H groups in total. The van der Waals surface area contributed by atoms with Gasteiger partial charge in [-0.05, 0) is 47.4 Å². The topological polar surface area (TPSA) is 163 Å². The van der Waals surface area contributed by atoms with Crippen molar-refractivity contribution in [2.24, 2.45) is 5.14 Å². The third-order valence-corrected chi connectivity index (χ3v) is 9.47. The van der Waals surface area contributed by atoms with Crippen LogP contribution < -0.4 is 15.3 Å². The van der Waals surface area contributed by atoms with Crippen molar-refractivity contribution < 1.29 is 27.7 Å². The Kier molecular flexibility index (Phi) is 10.3. The molecule has 0 saturated carbocycles. The molecule has 0 aliphatic carbocycles. The average Bonchev–Trinajstić information content (AvgIpc) is 3.35. The summed E-state index contributed by atoms with van der Waals surface area (Å²) in [6, 6.07) is 37.8. The Balaban J connectivity index is 0.000000256. The number of nitrogens with zero attached hydrogens (tertiary/aromatic N) is 1. The minimum atomic E-state index is -3.87. The van der Waals surface area contributed by atoms with E-state index in [1.54, 1.807) is 0 Å². The van der Waals surface area contributed by atoms with Crippen LogP contribution in [0.25, 0.3) is 0 Å². The molecule has 3 aliphatic rings. The predicted octanol–water partition coefficient (Wildman–Crippen LogP) is 4.30. The van der Waals surface area contributed by atoms with Crippen molar-refractivity contribution in [3.05, 3.63) is 153 Å². The monoisotopic (exact) mass is 648 g/mol. The highest BCUT2D eigenvalue weighted by Crippen LogP contribution is 2.51. The van der Waals surface area contributed by atoms with Gasteiger partial charge in [0.15, 0.2) is 0 Å². The van der Waals surface area contributed by atoms with Crippen molar-refractivity contribution >= 4 is 27.9 Å². The fraction of sp³-hybridized carbons (Fsp3) is 0.219. The van der Waals surface area contributed by atoms with Crippen LogP contribution in [0.2, 0.25) is 0 Å². The Morgan fingerprint density at radius 1 is 0.911 bits per heavy atom. The zero-order valence-electron chi connectivity index (χ0n) is 24.0. The number of nitrogens with one attached hydrogen (secondary N) is 2. The third-order valence-electron chi connectivity index (χ3n) is 7.37. The average molecular weight is 649 g/mol. The van der Waals surface area contributed by atoms with Crippen molar-refractivity contribution in [3.8, 4) is 0 Å². The molecule has 1 saturated heterocycles. The highest BCUT2D eigenvalue weighted by Gasteiger charge is 2.41. The zero-order valence-corrected chi connectivity index (χ0v) is 25.7. The molecule has 11 nitrogen and oxygen atoms in total. The van der Waals surface area contributed by atoms with E-state index < -0.39 is 27.3 Å². The second kappa shape index (κ2) is 14.3. The van der Waals surface area contributed by atoms with Crippen molar-refractivity contribution in [2.75, 3.05) is 13.2 Å². The van der Waals surface area contributed by atoms with Crippen LogP contribution in [0.1, 0.15) is 45.3 Å². The number of rotatable bonds is 10. The van der Waals surface area contributed by atoms with E-state index in [0.29, 0.717) is 16.4 Å². The van der Waals surface area contributed by atoms with E-state index in [0.717, 1.165) is 13.0 Å². The number of ether oxygens (including phenoxy) is 1. The van der Waals surface area contributed by atoms with Crippen molar-refractivity contribution in [2.45, 2.75) is 28.7 Å². The van der Waals surface area contributed by atoms with Crippen LogP contribution in [0.5, 0.6) is 0 Å². The molecular formula is C32H32N4O7S2. The lowest BCUT2D eigenvalue weighted by Crippen LogP contribution is -2.36. The van der Waals surface area contributed by atoms with Crippen LogP contribution in [-0.2, 0) is 24.5 Å². The lowest BCUT2D eigenvalue weighted by atomic mass is 9.84. The van der Waals surface area contributed by atoms with Crippen molar-refractivity contribution in [1.82, 2.24) is 10.2 Å². The molecule has 1 fully saturated rings. The molecule has 2 bridgehead atoms. The maximum Gasteiger partial charge on any atom is 0.383 e. The summed E-state index contributed by atoms with van der Waals surface area (Å²) in [5.74, 6) is -0.651. The van der Waals surface area contributed by atoms with Crippen molar-refractivity contribution in [3.63, 3.8) is 0 Å². The Labute approximate surface area is 265 Å². The van der Waals surface area contributed by atoms with Gasteiger partial charge in [0.1, 0.15) is 0 Å². The predicted molar refractivity (Wildman–Crippen MR) is 171 cm³/mol. The first-order valence-electron chi connectivity index (χ1n) is 14.1. The number of thioether (sulfide) groups is 1. The van der Waals surface area contributed by atoms with Crippen LogP contribution in [0.4, 0.5) is 0 Å². The summed E-state index contributed by atoms with van der Waals surface area (Å²) in [4.78, 5) is 27.9. The summed E-state index contributed by atoms with van der Waals surface area (Å²) in [6.45, 7) is 1.00. The first kappa shape index (κ1) is 32.3. The van der Waals surface area contributed by atoms with E-state index in [2.05, 4.69) is 82.9 Å². The molecule has 0 radical (unpaired) electrons. The number of hydrogen-bond acceptors (Lipinski definition) is 9. The summed E-state index contributed by atoms with van der Waals surface area (Å²) in [6.07, 6.45) is -0.523. The Morgan fingerprint density at radius 3 is 1.89 bits per heavy atom. The van der Waals surface area contributed by atoms with E-state index in [-0.39, 0.29) is 17.4 Å². The fourth-order valence-corrected chi connectivity index (χ4v) is 7.43. The molecule has 3 heterocycles. The lowest BCUT2D eigenvalue weighted by molar-refractivity contribution is -0.574. The van der Waals surface area contributed by atoms with Gasteiger partial charge in [-0.25, -0.2) is 9.93 Å². The molecular weight excluding hydrogens is 617 g/mol. The first-order chi connectivity index (χ1) is 21.7. The third kappa shape index (κ3) is 7.95. The number of nitro groups is 1. The highest BCUT2D eigenvalue weighted by molar-refractivity contribution is 8.01. The number of nitrogens with two attached hydrogens (primary N) is 1. The van der Waals surface area contributed by atoms with Crippen LogP contribution in [0.3, 0.4) is 0 Å². The molecule has 13 heteroatoms. The second-order valence-electron chi connectivity index (χ2n) is 10.5. The SMILES string of the molecule is NS(=O)(=O)NOCC1CC(SC(c2ccccc2)(c2ccccc2)c2ccccc2)CN1.O=C1OC([N+](=O)[O-])c2ccc1cc2. The van der Waals surface area contributed by atoms with Crippen LogP contribution in [-0.4, -0.2) is 43.8 Å². The molecule has 3 unspecified atom stereocenters. The van der Waals surface area contributed by atoms with Crippen LogP contribution in [0, 0.1) is 10.1 Å². The summed E-state index contributed by atoms with van der Waals surface area (Å²) in [5, 5.41) is 19.1. The highest BCUT2D eigenvalue weighted by atomic mass is 32.2. The molecule has 234 valence electrons. The lowest BCUT2D eigenvalue weighted by Gasteiger charge is -2.37. The molecule has 0 amide bonds. The molecule has 4 aromatic rings. The minimum Gasteiger partial charge on any atom is -0.390 e. The van der Waals surface area contributed by atoms with Gasteiger partial charge in [-0.2, -0.15) is 8.42 Å². The first-order valence-corrected chi connectivity index (χ1v) is 16.5. The molecule has 3 atom stereocenters. The zero-order chi connectivity index (χ0) is 31.9. The van der Waals surface area contributed by atoms with Gasteiger partial charge in [0.25, 0.3) is 10.2 Å². The molecule has 3 aliphatic heterocycles. The van der Waals surface area contributed by atoms with Crippen molar-refractivity contribution in [1.29, 1.82) is 0 Å².